The van der Waals surface area contributed by atoms with E-state index in [0.29, 0.717) is 10.7 Å². The van der Waals surface area contributed by atoms with Crippen molar-refractivity contribution >= 4 is 11.6 Å². The van der Waals surface area contributed by atoms with Crippen LogP contribution in [-0.2, 0) is 0 Å². The molecule has 0 saturated carbocycles. The minimum atomic E-state index is 0.00914. The van der Waals surface area contributed by atoms with Crippen LogP contribution in [-0.4, -0.2) is 5.10 Å². The highest BCUT2D eigenvalue weighted by Gasteiger charge is 2.08. The van der Waals surface area contributed by atoms with Crippen LogP contribution < -0.4 is 15.9 Å². The summed E-state index contributed by atoms with van der Waals surface area (Å²) in [7, 11) is 0. The molecular formula is C10H12N4O2. The Balaban J connectivity index is 2.12. The van der Waals surface area contributed by atoms with Crippen molar-refractivity contribution in [3.05, 3.63) is 41.5 Å². The number of nitrogens with zero attached hydrogens (tertiary/aromatic N) is 2. The molecule has 2 aromatic heterocycles. The Morgan fingerprint density at radius 2 is 2.31 bits per heavy atom. The minimum absolute atomic E-state index is 0.00914. The molecule has 16 heavy (non-hydrogen) atoms. The monoisotopic (exact) mass is 220 g/mol. The summed E-state index contributed by atoms with van der Waals surface area (Å²) in [5.74, 6) is 0.541. The zero-order valence-electron chi connectivity index (χ0n) is 8.75. The number of hydrogen-bond acceptors (Lipinski definition) is 5. The molecule has 3 N–H and O–H groups in total. The van der Waals surface area contributed by atoms with E-state index in [-0.39, 0.29) is 11.9 Å². The first-order chi connectivity index (χ1) is 7.66. The number of anilines is 2. The SMILES string of the molecule is CC(Nc1ccc(N)[n+]([O-])n1)c1ccoc1. The molecule has 2 aromatic rings. The zero-order valence-corrected chi connectivity index (χ0v) is 8.75. The zero-order chi connectivity index (χ0) is 11.5. The number of nitrogen functional groups attached to an aromatic ring is 1. The van der Waals surface area contributed by atoms with Gasteiger partial charge in [-0.2, -0.15) is 0 Å². The summed E-state index contributed by atoms with van der Waals surface area (Å²) in [4.78, 5) is 0.379. The van der Waals surface area contributed by atoms with Crippen molar-refractivity contribution in [2.45, 2.75) is 13.0 Å². The second-order valence-electron chi connectivity index (χ2n) is 3.44. The van der Waals surface area contributed by atoms with E-state index in [9.17, 15) is 5.21 Å². The van der Waals surface area contributed by atoms with Crippen LogP contribution in [0.15, 0.2) is 35.1 Å². The summed E-state index contributed by atoms with van der Waals surface area (Å²) in [5.41, 5.74) is 6.34. The highest BCUT2D eigenvalue weighted by molar-refractivity contribution is 5.38. The van der Waals surface area contributed by atoms with Gasteiger partial charge in [-0.1, -0.05) is 5.10 Å². The van der Waals surface area contributed by atoms with E-state index >= 15 is 0 Å². The first-order valence-corrected chi connectivity index (χ1v) is 4.82. The van der Waals surface area contributed by atoms with Gasteiger partial charge in [0.1, 0.15) is 0 Å². The van der Waals surface area contributed by atoms with Crippen LogP contribution in [0.4, 0.5) is 11.6 Å². The molecule has 6 heteroatoms. The van der Waals surface area contributed by atoms with Gasteiger partial charge in [0.15, 0.2) is 5.82 Å². The maximum atomic E-state index is 11.1. The third kappa shape index (κ3) is 2.05. The van der Waals surface area contributed by atoms with E-state index in [2.05, 4.69) is 10.4 Å². The molecule has 1 unspecified atom stereocenters. The van der Waals surface area contributed by atoms with Crippen molar-refractivity contribution in [1.82, 2.24) is 5.10 Å². The Morgan fingerprint density at radius 1 is 1.50 bits per heavy atom. The average Bonchev–Trinajstić information content (AvgIpc) is 2.77. The summed E-state index contributed by atoms with van der Waals surface area (Å²) >= 11 is 0. The lowest BCUT2D eigenvalue weighted by atomic mass is 10.2. The maximum absolute atomic E-state index is 11.1. The fraction of sp³-hybridized carbons (Fsp3) is 0.200. The summed E-state index contributed by atoms with van der Waals surface area (Å²) in [6.45, 7) is 1.94. The van der Waals surface area contributed by atoms with E-state index in [1.807, 2.05) is 13.0 Å². The Labute approximate surface area is 92.3 Å². The van der Waals surface area contributed by atoms with Crippen molar-refractivity contribution in [1.29, 1.82) is 0 Å². The van der Waals surface area contributed by atoms with Gasteiger partial charge < -0.3 is 14.9 Å². The van der Waals surface area contributed by atoms with E-state index < -0.39 is 0 Å². The van der Waals surface area contributed by atoms with E-state index in [1.165, 1.54) is 6.07 Å². The number of aromatic nitrogens is 2. The smallest absolute Gasteiger partial charge is 0.296 e. The molecular weight excluding hydrogens is 208 g/mol. The Hall–Kier alpha value is -2.24. The lowest BCUT2D eigenvalue weighted by Crippen LogP contribution is -2.35. The minimum Gasteiger partial charge on any atom is -0.691 e. The van der Waals surface area contributed by atoms with Crippen molar-refractivity contribution in [2.75, 3.05) is 11.1 Å². The fourth-order valence-corrected chi connectivity index (χ4v) is 1.32. The second kappa shape index (κ2) is 4.09. The van der Waals surface area contributed by atoms with Crippen LogP contribution in [0.2, 0.25) is 0 Å². The molecule has 0 spiro atoms. The highest BCUT2D eigenvalue weighted by atomic mass is 16.5. The van der Waals surface area contributed by atoms with Gasteiger partial charge in [-0.25, -0.2) is 0 Å². The number of rotatable bonds is 3. The lowest BCUT2D eigenvalue weighted by Gasteiger charge is -2.12. The first-order valence-electron chi connectivity index (χ1n) is 4.82. The average molecular weight is 220 g/mol. The van der Waals surface area contributed by atoms with Gasteiger partial charge in [-0.15, -0.1) is 4.85 Å². The molecule has 6 nitrogen and oxygen atoms in total. The topological polar surface area (TPSA) is 91.0 Å². The van der Waals surface area contributed by atoms with Gasteiger partial charge in [0.25, 0.3) is 5.82 Å². The van der Waals surface area contributed by atoms with Crippen molar-refractivity contribution in [3.63, 3.8) is 0 Å². The normalized spacial score (nSPS) is 12.3. The van der Waals surface area contributed by atoms with Gasteiger partial charge in [-0.05, 0) is 19.1 Å². The van der Waals surface area contributed by atoms with Crippen molar-refractivity contribution in [2.24, 2.45) is 0 Å². The molecule has 0 aliphatic carbocycles. The van der Waals surface area contributed by atoms with Gasteiger partial charge in [0.2, 0.25) is 0 Å². The van der Waals surface area contributed by atoms with E-state index in [0.717, 1.165) is 5.56 Å². The third-order valence-corrected chi connectivity index (χ3v) is 2.24. The summed E-state index contributed by atoms with van der Waals surface area (Å²) in [6.07, 6.45) is 3.23. The van der Waals surface area contributed by atoms with E-state index in [1.54, 1.807) is 18.6 Å². The summed E-state index contributed by atoms with van der Waals surface area (Å²) in [5, 5.41) is 17.9. The largest absolute Gasteiger partial charge is 0.691 e. The molecule has 0 aliphatic heterocycles. The lowest BCUT2D eigenvalue weighted by molar-refractivity contribution is -0.653. The first kappa shape index (κ1) is 10.3. The van der Waals surface area contributed by atoms with Crippen LogP contribution in [0.3, 0.4) is 0 Å². The molecule has 0 bridgehead atoms. The van der Waals surface area contributed by atoms with Crippen LogP contribution in [0.1, 0.15) is 18.5 Å². The Kier molecular flexibility index (Phi) is 2.63. The summed E-state index contributed by atoms with van der Waals surface area (Å²) in [6, 6.07) is 5.01. The number of nitrogens with two attached hydrogens (primary N) is 1. The molecule has 1 atom stereocenters. The van der Waals surface area contributed by atoms with Crippen molar-refractivity contribution in [3.8, 4) is 0 Å². The number of nitrogens with one attached hydrogen (secondary N) is 1. The molecule has 2 heterocycles. The molecule has 0 amide bonds. The highest BCUT2D eigenvalue weighted by Crippen LogP contribution is 2.17. The standard InChI is InChI=1S/C10H12N4O2/c1-7(8-4-5-16-6-8)12-10-3-2-9(11)14(15)13-10/h2-7H,11H2,1H3,(H,12,13). The Bertz CT molecular complexity index is 470. The fourth-order valence-electron chi connectivity index (χ4n) is 1.32. The molecule has 0 aliphatic rings. The van der Waals surface area contributed by atoms with Crippen LogP contribution in [0.25, 0.3) is 0 Å². The molecule has 0 saturated heterocycles. The Morgan fingerprint density at radius 3 is 2.94 bits per heavy atom. The van der Waals surface area contributed by atoms with Crippen LogP contribution >= 0.6 is 0 Å². The quantitative estimate of drug-likeness (QED) is 0.596. The third-order valence-electron chi connectivity index (χ3n) is 2.24. The predicted molar refractivity (Wildman–Crippen MR) is 58.4 cm³/mol. The molecule has 84 valence electrons. The van der Waals surface area contributed by atoms with Crippen LogP contribution in [0.5, 0.6) is 0 Å². The molecule has 0 radical (unpaired) electrons. The van der Waals surface area contributed by atoms with Gasteiger partial charge in [-0.3, -0.25) is 5.73 Å². The second-order valence-corrected chi connectivity index (χ2v) is 3.44. The van der Waals surface area contributed by atoms with Gasteiger partial charge >= 0.3 is 0 Å². The molecule has 0 fully saturated rings. The van der Waals surface area contributed by atoms with Gasteiger partial charge in [0.05, 0.1) is 18.6 Å². The van der Waals surface area contributed by atoms with Crippen molar-refractivity contribution < 1.29 is 9.26 Å². The number of hydrogen-bond donors (Lipinski definition) is 2. The predicted octanol–water partition coefficient (Wildman–Crippen LogP) is 1.06. The van der Waals surface area contributed by atoms with Gasteiger partial charge in [0, 0.05) is 11.6 Å². The maximum Gasteiger partial charge on any atom is 0.296 e. The summed E-state index contributed by atoms with van der Waals surface area (Å²) < 4.78 is 4.97. The van der Waals surface area contributed by atoms with Crippen LogP contribution in [0, 0.1) is 5.21 Å². The van der Waals surface area contributed by atoms with E-state index in [4.69, 9.17) is 10.2 Å². The number of furan rings is 1. The molecule has 0 aromatic carbocycles. The molecule has 2 rings (SSSR count).